The molecule has 140 valence electrons. The van der Waals surface area contributed by atoms with E-state index in [0.717, 1.165) is 25.1 Å². The van der Waals surface area contributed by atoms with Crippen molar-refractivity contribution < 1.29 is 17.9 Å². The second kappa shape index (κ2) is 8.30. The van der Waals surface area contributed by atoms with Crippen LogP contribution in [0.4, 0.5) is 0 Å². The predicted octanol–water partition coefficient (Wildman–Crippen LogP) is 2.43. The van der Waals surface area contributed by atoms with E-state index in [-0.39, 0.29) is 23.9 Å². The minimum atomic E-state index is -3.73. The fourth-order valence-corrected chi connectivity index (χ4v) is 4.82. The largest absolute Gasteiger partial charge is 0.383 e. The van der Waals surface area contributed by atoms with Crippen molar-refractivity contribution >= 4 is 27.3 Å². The van der Waals surface area contributed by atoms with Crippen molar-refractivity contribution in [2.75, 3.05) is 33.4 Å². The SMILES string of the molecule is COCCN(Cc1ccsc1)S(=O)(=O)c1cccc(C(=O)N2CCC2)c1. The molecular weight excluding hydrogens is 372 g/mol. The molecule has 2 heterocycles. The molecule has 0 radical (unpaired) electrons. The number of rotatable bonds is 8. The molecule has 0 N–H and O–H groups in total. The Kier molecular flexibility index (Phi) is 6.08. The number of benzene rings is 1. The Morgan fingerprint density at radius 2 is 2.12 bits per heavy atom. The van der Waals surface area contributed by atoms with Crippen molar-refractivity contribution in [2.45, 2.75) is 17.9 Å². The molecule has 1 aliphatic heterocycles. The van der Waals surface area contributed by atoms with Gasteiger partial charge in [-0.2, -0.15) is 15.6 Å². The summed E-state index contributed by atoms with van der Waals surface area (Å²) in [6.45, 7) is 2.29. The van der Waals surface area contributed by atoms with E-state index in [4.69, 9.17) is 4.74 Å². The molecule has 0 unspecified atom stereocenters. The van der Waals surface area contributed by atoms with E-state index in [2.05, 4.69) is 0 Å². The molecule has 1 fully saturated rings. The Hall–Kier alpha value is -1.74. The monoisotopic (exact) mass is 394 g/mol. The average molecular weight is 395 g/mol. The lowest BCUT2D eigenvalue weighted by molar-refractivity contribution is 0.0651. The van der Waals surface area contributed by atoms with Gasteiger partial charge in [-0.1, -0.05) is 6.07 Å². The van der Waals surface area contributed by atoms with E-state index in [1.54, 1.807) is 24.1 Å². The maximum Gasteiger partial charge on any atom is 0.253 e. The molecule has 2 aromatic rings. The predicted molar refractivity (Wildman–Crippen MR) is 101 cm³/mol. The molecule has 26 heavy (non-hydrogen) atoms. The molecule has 3 rings (SSSR count). The van der Waals surface area contributed by atoms with Crippen LogP contribution in [-0.4, -0.2) is 56.9 Å². The number of nitrogens with zero attached hydrogens (tertiary/aromatic N) is 2. The number of methoxy groups -OCH3 is 1. The summed E-state index contributed by atoms with van der Waals surface area (Å²) in [4.78, 5) is 14.3. The zero-order valence-electron chi connectivity index (χ0n) is 14.6. The standard InChI is InChI=1S/C18H22N2O4S2/c1-24-10-9-20(13-15-6-11-25-14-15)26(22,23)17-5-2-4-16(12-17)18(21)19-7-3-8-19/h2,4-6,11-12,14H,3,7-10,13H2,1H3. The summed E-state index contributed by atoms with van der Waals surface area (Å²) in [5.41, 5.74) is 1.34. The van der Waals surface area contributed by atoms with Crippen LogP contribution in [0.3, 0.4) is 0 Å². The molecule has 0 atom stereocenters. The van der Waals surface area contributed by atoms with Crippen molar-refractivity contribution in [3.63, 3.8) is 0 Å². The molecule has 0 bridgehead atoms. The van der Waals surface area contributed by atoms with Gasteiger partial charge in [-0.25, -0.2) is 8.42 Å². The summed E-state index contributed by atoms with van der Waals surface area (Å²) in [6, 6.07) is 8.21. The summed E-state index contributed by atoms with van der Waals surface area (Å²) in [5.74, 6) is -0.116. The third-order valence-corrected chi connectivity index (χ3v) is 6.92. The number of ether oxygens (including phenoxy) is 1. The van der Waals surface area contributed by atoms with Gasteiger partial charge in [0.15, 0.2) is 0 Å². The van der Waals surface area contributed by atoms with Gasteiger partial charge in [-0.05, 0) is 47.0 Å². The van der Waals surface area contributed by atoms with Crippen molar-refractivity contribution in [1.29, 1.82) is 0 Å². The Morgan fingerprint density at radius 1 is 1.31 bits per heavy atom. The third-order valence-electron chi connectivity index (χ3n) is 4.35. The second-order valence-corrected chi connectivity index (χ2v) is 8.85. The van der Waals surface area contributed by atoms with Gasteiger partial charge in [-0.3, -0.25) is 4.79 Å². The smallest absolute Gasteiger partial charge is 0.253 e. The van der Waals surface area contributed by atoms with E-state index < -0.39 is 10.0 Å². The van der Waals surface area contributed by atoms with Crippen molar-refractivity contribution in [2.24, 2.45) is 0 Å². The Labute approximate surface area is 158 Å². The first-order valence-corrected chi connectivity index (χ1v) is 10.8. The fourth-order valence-electron chi connectivity index (χ4n) is 2.70. The van der Waals surface area contributed by atoms with Crippen molar-refractivity contribution in [3.05, 3.63) is 52.2 Å². The molecule has 8 heteroatoms. The zero-order chi connectivity index (χ0) is 18.6. The minimum absolute atomic E-state index is 0.116. The quantitative estimate of drug-likeness (QED) is 0.690. The molecule has 0 saturated carbocycles. The number of carbonyl (C=O) groups is 1. The first-order valence-electron chi connectivity index (χ1n) is 8.42. The third kappa shape index (κ3) is 4.15. The number of amides is 1. The molecule has 1 saturated heterocycles. The van der Waals surface area contributed by atoms with Gasteiger partial charge < -0.3 is 9.64 Å². The highest BCUT2D eigenvalue weighted by molar-refractivity contribution is 7.89. The molecular formula is C18H22N2O4S2. The van der Waals surface area contributed by atoms with E-state index in [0.29, 0.717) is 12.2 Å². The maximum absolute atomic E-state index is 13.1. The summed E-state index contributed by atoms with van der Waals surface area (Å²) >= 11 is 1.53. The lowest BCUT2D eigenvalue weighted by atomic mass is 10.1. The van der Waals surface area contributed by atoms with Crippen LogP contribution >= 0.6 is 11.3 Å². The van der Waals surface area contributed by atoms with Crippen LogP contribution in [0.2, 0.25) is 0 Å². The Balaban J connectivity index is 1.86. The van der Waals surface area contributed by atoms with Crippen LogP contribution < -0.4 is 0 Å². The Morgan fingerprint density at radius 3 is 2.73 bits per heavy atom. The van der Waals surface area contributed by atoms with Crippen LogP contribution in [-0.2, 0) is 21.3 Å². The lowest BCUT2D eigenvalue weighted by Crippen LogP contribution is -2.42. The average Bonchev–Trinajstić information content (AvgIpc) is 3.10. The molecule has 1 amide bonds. The number of likely N-dealkylation sites (tertiary alicyclic amines) is 1. The molecule has 0 spiro atoms. The number of hydrogen-bond donors (Lipinski definition) is 0. The summed E-state index contributed by atoms with van der Waals surface area (Å²) in [7, 11) is -2.19. The van der Waals surface area contributed by atoms with Gasteiger partial charge in [0.2, 0.25) is 10.0 Å². The first-order chi connectivity index (χ1) is 12.5. The van der Waals surface area contributed by atoms with E-state index in [1.165, 1.54) is 27.8 Å². The van der Waals surface area contributed by atoms with Gasteiger partial charge in [0, 0.05) is 38.9 Å². The number of hydrogen-bond acceptors (Lipinski definition) is 5. The van der Waals surface area contributed by atoms with Crippen molar-refractivity contribution in [1.82, 2.24) is 9.21 Å². The van der Waals surface area contributed by atoms with Crippen molar-refractivity contribution in [3.8, 4) is 0 Å². The highest BCUT2D eigenvalue weighted by Crippen LogP contribution is 2.22. The van der Waals surface area contributed by atoms with E-state index >= 15 is 0 Å². The Bertz CT molecular complexity index is 846. The van der Waals surface area contributed by atoms with Crippen LogP contribution in [0.1, 0.15) is 22.3 Å². The summed E-state index contributed by atoms with van der Waals surface area (Å²) in [6.07, 6.45) is 0.995. The van der Waals surface area contributed by atoms with Gasteiger partial charge in [0.25, 0.3) is 5.91 Å². The highest BCUT2D eigenvalue weighted by atomic mass is 32.2. The molecule has 1 aliphatic rings. The van der Waals surface area contributed by atoms with Crippen LogP contribution in [0.5, 0.6) is 0 Å². The van der Waals surface area contributed by atoms with Gasteiger partial charge in [-0.15, -0.1) is 0 Å². The van der Waals surface area contributed by atoms with Gasteiger partial charge in [0.1, 0.15) is 0 Å². The fraction of sp³-hybridized carbons (Fsp3) is 0.389. The summed E-state index contributed by atoms with van der Waals surface area (Å²) < 4.78 is 32.8. The number of carbonyl (C=O) groups excluding carboxylic acids is 1. The molecule has 0 aliphatic carbocycles. The lowest BCUT2D eigenvalue weighted by Gasteiger charge is -2.31. The van der Waals surface area contributed by atoms with E-state index in [9.17, 15) is 13.2 Å². The first kappa shape index (κ1) is 19.0. The van der Waals surface area contributed by atoms with E-state index in [1.807, 2.05) is 16.8 Å². The number of sulfonamides is 1. The summed E-state index contributed by atoms with van der Waals surface area (Å²) in [5, 5.41) is 3.85. The van der Waals surface area contributed by atoms with Crippen LogP contribution in [0.25, 0.3) is 0 Å². The molecule has 1 aromatic heterocycles. The normalized spacial score (nSPS) is 14.5. The topological polar surface area (TPSA) is 66.9 Å². The van der Waals surface area contributed by atoms with Crippen LogP contribution in [0.15, 0.2) is 46.0 Å². The van der Waals surface area contributed by atoms with Gasteiger partial charge >= 0.3 is 0 Å². The maximum atomic E-state index is 13.1. The molecule has 1 aromatic carbocycles. The zero-order valence-corrected chi connectivity index (χ0v) is 16.3. The second-order valence-electron chi connectivity index (χ2n) is 6.14. The number of thiophene rings is 1. The van der Waals surface area contributed by atoms with Crippen LogP contribution in [0, 0.1) is 0 Å². The molecule has 6 nitrogen and oxygen atoms in total. The van der Waals surface area contributed by atoms with Gasteiger partial charge in [0.05, 0.1) is 11.5 Å². The highest BCUT2D eigenvalue weighted by Gasteiger charge is 2.27. The minimum Gasteiger partial charge on any atom is -0.383 e.